The maximum atomic E-state index is 9.64. The summed E-state index contributed by atoms with van der Waals surface area (Å²) in [6.07, 6.45) is 3.01. The Hall–Kier alpha value is -2.07. The molecule has 2 aromatic rings. The van der Waals surface area contributed by atoms with Gasteiger partial charge in [0.25, 0.3) is 0 Å². The van der Waals surface area contributed by atoms with E-state index >= 15 is 0 Å². The molecule has 0 amide bonds. The van der Waals surface area contributed by atoms with E-state index in [0.717, 1.165) is 31.6 Å². The van der Waals surface area contributed by atoms with Crippen LogP contribution in [-0.4, -0.2) is 35.2 Å². The summed E-state index contributed by atoms with van der Waals surface area (Å²) in [7, 11) is 1.58. The van der Waals surface area contributed by atoms with E-state index in [4.69, 9.17) is 4.74 Å². The molecule has 110 valence electrons. The Morgan fingerprint density at radius 2 is 2.24 bits per heavy atom. The smallest absolute Gasteiger partial charge is 0.160 e. The fourth-order valence-corrected chi connectivity index (χ4v) is 2.91. The minimum atomic E-state index is 0.189. The lowest BCUT2D eigenvalue weighted by Crippen LogP contribution is -2.19. The summed E-state index contributed by atoms with van der Waals surface area (Å²) in [5, 5.41) is 9.64. The standard InChI is InChI=1S/C17H20N2O2/c1-21-17-10-13(5-6-16(17)20)11-19-9-7-14(12-19)15-4-2-3-8-18-15/h2-6,8,10,14,20H,7,9,11-12H2,1H3. The molecule has 1 unspecified atom stereocenters. The summed E-state index contributed by atoms with van der Waals surface area (Å²) >= 11 is 0. The molecule has 1 saturated heterocycles. The topological polar surface area (TPSA) is 45.6 Å². The van der Waals surface area contributed by atoms with Crippen molar-refractivity contribution in [1.82, 2.24) is 9.88 Å². The Morgan fingerprint density at radius 3 is 3.00 bits per heavy atom. The first-order chi connectivity index (χ1) is 10.3. The minimum absolute atomic E-state index is 0.189. The number of hydrogen-bond donors (Lipinski definition) is 1. The van der Waals surface area contributed by atoms with Gasteiger partial charge in [0, 0.05) is 30.9 Å². The molecule has 1 aromatic heterocycles. The number of pyridine rings is 1. The van der Waals surface area contributed by atoms with Crippen LogP contribution in [0.5, 0.6) is 11.5 Å². The lowest BCUT2D eigenvalue weighted by molar-refractivity contribution is 0.324. The van der Waals surface area contributed by atoms with Crippen LogP contribution >= 0.6 is 0 Å². The molecule has 4 heteroatoms. The number of phenols is 1. The zero-order valence-corrected chi connectivity index (χ0v) is 12.2. The Labute approximate surface area is 125 Å². The predicted octanol–water partition coefficient (Wildman–Crippen LogP) is 2.79. The van der Waals surface area contributed by atoms with Gasteiger partial charge in [0.2, 0.25) is 0 Å². The van der Waals surface area contributed by atoms with Crippen molar-refractivity contribution in [3.8, 4) is 11.5 Å². The van der Waals surface area contributed by atoms with Gasteiger partial charge in [-0.1, -0.05) is 12.1 Å². The molecule has 1 N–H and O–H groups in total. The number of phenolic OH excluding ortho intramolecular Hbond substituents is 1. The highest BCUT2D eigenvalue weighted by molar-refractivity contribution is 5.41. The van der Waals surface area contributed by atoms with Gasteiger partial charge in [-0.2, -0.15) is 0 Å². The molecule has 4 nitrogen and oxygen atoms in total. The molecule has 1 aromatic carbocycles. The first-order valence-corrected chi connectivity index (χ1v) is 7.25. The largest absolute Gasteiger partial charge is 0.504 e. The van der Waals surface area contributed by atoms with E-state index < -0.39 is 0 Å². The van der Waals surface area contributed by atoms with Crippen LogP contribution in [0.2, 0.25) is 0 Å². The van der Waals surface area contributed by atoms with Gasteiger partial charge in [-0.05, 0) is 42.8 Å². The fourth-order valence-electron chi connectivity index (χ4n) is 2.91. The van der Waals surface area contributed by atoms with Gasteiger partial charge >= 0.3 is 0 Å². The van der Waals surface area contributed by atoms with Crippen LogP contribution in [0.3, 0.4) is 0 Å². The van der Waals surface area contributed by atoms with E-state index in [1.807, 2.05) is 24.4 Å². The van der Waals surface area contributed by atoms with E-state index in [1.54, 1.807) is 13.2 Å². The number of likely N-dealkylation sites (tertiary alicyclic amines) is 1. The summed E-state index contributed by atoms with van der Waals surface area (Å²) in [5.74, 6) is 1.24. The third-order valence-electron chi connectivity index (χ3n) is 4.03. The monoisotopic (exact) mass is 284 g/mol. The molecule has 0 spiro atoms. The normalized spacial score (nSPS) is 18.8. The van der Waals surface area contributed by atoms with Gasteiger partial charge in [-0.3, -0.25) is 9.88 Å². The maximum absolute atomic E-state index is 9.64. The van der Waals surface area contributed by atoms with Gasteiger partial charge in [0.05, 0.1) is 7.11 Å². The highest BCUT2D eigenvalue weighted by Crippen LogP contribution is 2.29. The van der Waals surface area contributed by atoms with Gasteiger partial charge in [-0.25, -0.2) is 0 Å². The van der Waals surface area contributed by atoms with Crippen molar-refractivity contribution in [3.63, 3.8) is 0 Å². The Kier molecular flexibility index (Phi) is 4.06. The number of methoxy groups -OCH3 is 1. The van der Waals surface area contributed by atoms with Gasteiger partial charge in [-0.15, -0.1) is 0 Å². The lowest BCUT2D eigenvalue weighted by atomic mass is 10.0. The van der Waals surface area contributed by atoms with Gasteiger partial charge in [0.1, 0.15) is 0 Å². The summed E-state index contributed by atoms with van der Waals surface area (Å²) in [6, 6.07) is 11.7. The molecule has 0 radical (unpaired) electrons. The highest BCUT2D eigenvalue weighted by atomic mass is 16.5. The van der Waals surface area contributed by atoms with Crippen LogP contribution in [0, 0.1) is 0 Å². The SMILES string of the molecule is COc1cc(CN2CCC(c3ccccn3)C2)ccc1O. The number of benzene rings is 1. The Morgan fingerprint density at radius 1 is 1.33 bits per heavy atom. The average Bonchev–Trinajstić information content (AvgIpc) is 2.98. The minimum Gasteiger partial charge on any atom is -0.504 e. The van der Waals surface area contributed by atoms with E-state index in [1.165, 1.54) is 5.69 Å². The fraction of sp³-hybridized carbons (Fsp3) is 0.353. The molecule has 3 rings (SSSR count). The number of aromatic hydroxyl groups is 1. The quantitative estimate of drug-likeness (QED) is 0.937. The zero-order valence-electron chi connectivity index (χ0n) is 12.2. The summed E-state index contributed by atoms with van der Waals surface area (Å²) < 4.78 is 5.16. The van der Waals surface area contributed by atoms with Gasteiger partial charge < -0.3 is 9.84 Å². The van der Waals surface area contributed by atoms with E-state index in [2.05, 4.69) is 22.0 Å². The predicted molar refractivity (Wildman–Crippen MR) is 81.5 cm³/mol. The molecule has 1 atom stereocenters. The second kappa shape index (κ2) is 6.14. The van der Waals surface area contributed by atoms with Crippen LogP contribution in [-0.2, 0) is 6.54 Å². The van der Waals surface area contributed by atoms with Crippen molar-refractivity contribution < 1.29 is 9.84 Å². The zero-order chi connectivity index (χ0) is 14.7. The van der Waals surface area contributed by atoms with Crippen LogP contribution < -0.4 is 4.74 Å². The maximum Gasteiger partial charge on any atom is 0.160 e. The first-order valence-electron chi connectivity index (χ1n) is 7.25. The van der Waals surface area contributed by atoms with Crippen LogP contribution in [0.1, 0.15) is 23.6 Å². The van der Waals surface area contributed by atoms with Crippen molar-refractivity contribution in [2.45, 2.75) is 18.9 Å². The average molecular weight is 284 g/mol. The number of nitrogens with zero attached hydrogens (tertiary/aromatic N) is 2. The highest BCUT2D eigenvalue weighted by Gasteiger charge is 2.24. The second-order valence-electron chi connectivity index (χ2n) is 5.48. The number of rotatable bonds is 4. The van der Waals surface area contributed by atoms with Crippen LogP contribution in [0.15, 0.2) is 42.6 Å². The van der Waals surface area contributed by atoms with Crippen molar-refractivity contribution in [1.29, 1.82) is 0 Å². The molecule has 1 aliphatic rings. The van der Waals surface area contributed by atoms with E-state index in [9.17, 15) is 5.11 Å². The molecule has 0 saturated carbocycles. The molecule has 1 fully saturated rings. The molecule has 1 aliphatic heterocycles. The van der Waals surface area contributed by atoms with E-state index in [0.29, 0.717) is 11.7 Å². The second-order valence-corrected chi connectivity index (χ2v) is 5.48. The van der Waals surface area contributed by atoms with Crippen LogP contribution in [0.25, 0.3) is 0 Å². The summed E-state index contributed by atoms with van der Waals surface area (Å²) in [5.41, 5.74) is 2.34. The third kappa shape index (κ3) is 3.16. The Balaban J connectivity index is 1.65. The molecular formula is C17H20N2O2. The van der Waals surface area contributed by atoms with Crippen molar-refractivity contribution in [2.75, 3.05) is 20.2 Å². The summed E-state index contributed by atoms with van der Waals surface area (Å²) in [6.45, 7) is 2.98. The summed E-state index contributed by atoms with van der Waals surface area (Å²) in [4.78, 5) is 6.88. The van der Waals surface area contributed by atoms with Crippen LogP contribution in [0.4, 0.5) is 0 Å². The van der Waals surface area contributed by atoms with Crippen molar-refractivity contribution >= 4 is 0 Å². The molecule has 2 heterocycles. The van der Waals surface area contributed by atoms with Crippen molar-refractivity contribution in [2.24, 2.45) is 0 Å². The number of aromatic nitrogens is 1. The van der Waals surface area contributed by atoms with Gasteiger partial charge in [0.15, 0.2) is 11.5 Å². The molecule has 0 aliphatic carbocycles. The van der Waals surface area contributed by atoms with E-state index in [-0.39, 0.29) is 5.75 Å². The van der Waals surface area contributed by atoms with Crippen molar-refractivity contribution in [3.05, 3.63) is 53.9 Å². The third-order valence-corrected chi connectivity index (χ3v) is 4.03. The Bertz CT molecular complexity index is 601. The number of ether oxygens (including phenoxy) is 1. The molecule has 0 bridgehead atoms. The lowest BCUT2D eigenvalue weighted by Gasteiger charge is -2.16. The molecular weight excluding hydrogens is 264 g/mol. The first kappa shape index (κ1) is 13.9. The molecule has 21 heavy (non-hydrogen) atoms. The number of hydrogen-bond acceptors (Lipinski definition) is 4.